The van der Waals surface area contributed by atoms with E-state index in [9.17, 15) is 18.0 Å². The third kappa shape index (κ3) is 9.10. The minimum atomic E-state index is -4.25. The molecule has 1 N–H and O–H groups in total. The molecule has 0 aliphatic carbocycles. The topological polar surface area (TPSA) is 86.8 Å². The van der Waals surface area contributed by atoms with Crippen LogP contribution in [0, 0.1) is 6.92 Å². The average molecular weight is 667 g/mol. The maximum Gasteiger partial charge on any atom is 0.264 e. The fourth-order valence-corrected chi connectivity index (χ4v) is 6.75. The van der Waals surface area contributed by atoms with Crippen LogP contribution in [0.4, 0.5) is 5.69 Å². The molecule has 0 spiro atoms. The summed E-state index contributed by atoms with van der Waals surface area (Å²) in [7, 11) is -4.25. The molecular weight excluding hydrogens is 629 g/mol. The summed E-state index contributed by atoms with van der Waals surface area (Å²) < 4.78 is 29.2. The Labute approximate surface area is 275 Å². The number of aryl methyl sites for hydroxylation is 1. The van der Waals surface area contributed by atoms with Crippen molar-refractivity contribution in [2.75, 3.05) is 10.8 Å². The van der Waals surface area contributed by atoms with Crippen LogP contribution in [0.5, 0.6) is 0 Å². The van der Waals surface area contributed by atoms with E-state index >= 15 is 0 Å². The van der Waals surface area contributed by atoms with Crippen molar-refractivity contribution < 1.29 is 18.0 Å². The number of nitrogens with zero attached hydrogens (tertiary/aromatic N) is 2. The van der Waals surface area contributed by atoms with Gasteiger partial charge in [-0.1, -0.05) is 108 Å². The summed E-state index contributed by atoms with van der Waals surface area (Å²) in [6.45, 7) is 5.32. The monoisotopic (exact) mass is 665 g/mol. The van der Waals surface area contributed by atoms with Crippen LogP contribution in [0.15, 0.2) is 108 Å². The molecule has 10 heteroatoms. The highest BCUT2D eigenvalue weighted by Gasteiger charge is 2.35. The fraction of sp³-hybridized carbons (Fsp3) is 0.257. The van der Waals surface area contributed by atoms with E-state index in [4.69, 9.17) is 23.2 Å². The SMILES string of the molecule is CC[C@H](C)NC(=O)[C@@H](Cc1ccccc1)N(Cc1ccc(C)cc1)C(=O)CN(c1cc(Cl)cc(Cl)c1)S(=O)(=O)c1ccccc1. The first-order valence-corrected chi connectivity index (χ1v) is 16.9. The number of halogens is 2. The average Bonchev–Trinajstić information content (AvgIpc) is 3.02. The Hall–Kier alpha value is -3.85. The van der Waals surface area contributed by atoms with E-state index in [0.717, 1.165) is 21.0 Å². The summed E-state index contributed by atoms with van der Waals surface area (Å²) in [5.74, 6) is -0.886. The van der Waals surface area contributed by atoms with Crippen LogP contribution < -0.4 is 9.62 Å². The van der Waals surface area contributed by atoms with Crippen molar-refractivity contribution in [2.45, 2.75) is 57.1 Å². The summed E-state index contributed by atoms with van der Waals surface area (Å²) >= 11 is 12.6. The highest BCUT2D eigenvalue weighted by atomic mass is 35.5. The van der Waals surface area contributed by atoms with Gasteiger partial charge < -0.3 is 10.2 Å². The molecule has 45 heavy (non-hydrogen) atoms. The van der Waals surface area contributed by atoms with Crippen LogP contribution in [-0.2, 0) is 32.6 Å². The Morgan fingerprint density at radius 3 is 1.98 bits per heavy atom. The van der Waals surface area contributed by atoms with Crippen LogP contribution in [0.1, 0.15) is 37.0 Å². The molecule has 4 aromatic carbocycles. The molecule has 0 saturated carbocycles. The lowest BCUT2D eigenvalue weighted by molar-refractivity contribution is -0.140. The predicted octanol–water partition coefficient (Wildman–Crippen LogP) is 7.05. The lowest BCUT2D eigenvalue weighted by Gasteiger charge is -2.34. The number of carbonyl (C=O) groups is 2. The summed E-state index contributed by atoms with van der Waals surface area (Å²) in [5, 5.41) is 3.46. The van der Waals surface area contributed by atoms with Crippen molar-refractivity contribution in [1.82, 2.24) is 10.2 Å². The molecule has 0 unspecified atom stereocenters. The van der Waals surface area contributed by atoms with Gasteiger partial charge in [-0.25, -0.2) is 8.42 Å². The molecule has 236 valence electrons. The second-order valence-electron chi connectivity index (χ2n) is 11.0. The van der Waals surface area contributed by atoms with E-state index in [0.29, 0.717) is 6.42 Å². The number of sulfonamides is 1. The van der Waals surface area contributed by atoms with E-state index in [1.165, 1.54) is 35.2 Å². The zero-order valence-corrected chi connectivity index (χ0v) is 27.8. The van der Waals surface area contributed by atoms with E-state index in [1.54, 1.807) is 18.2 Å². The van der Waals surface area contributed by atoms with Crippen molar-refractivity contribution in [1.29, 1.82) is 0 Å². The highest BCUT2D eigenvalue weighted by Crippen LogP contribution is 2.30. The van der Waals surface area contributed by atoms with E-state index in [-0.39, 0.29) is 45.5 Å². The third-order valence-electron chi connectivity index (χ3n) is 7.49. The van der Waals surface area contributed by atoms with Crippen LogP contribution in [-0.4, -0.2) is 43.8 Å². The van der Waals surface area contributed by atoms with Gasteiger partial charge in [0.1, 0.15) is 12.6 Å². The molecule has 7 nitrogen and oxygen atoms in total. The van der Waals surface area contributed by atoms with E-state index < -0.39 is 28.5 Å². The standard InChI is InChI=1S/C35H37Cl2N3O4S/c1-4-26(3)38-35(42)33(19-27-11-7-5-8-12-27)39(23-28-17-15-25(2)16-18-28)34(41)24-40(31-21-29(36)20-30(37)22-31)45(43,44)32-13-9-6-10-14-32/h5-18,20-22,26,33H,4,19,23-24H2,1-3H3,(H,38,42)/t26-,33+/m0/s1. The predicted molar refractivity (Wildman–Crippen MR) is 181 cm³/mol. The molecule has 2 atom stereocenters. The Morgan fingerprint density at radius 2 is 1.40 bits per heavy atom. The molecule has 0 saturated heterocycles. The largest absolute Gasteiger partial charge is 0.352 e. The summed E-state index contributed by atoms with van der Waals surface area (Å²) in [4.78, 5) is 29.9. The first-order valence-electron chi connectivity index (χ1n) is 14.7. The van der Waals surface area contributed by atoms with E-state index in [1.807, 2.05) is 75.4 Å². The van der Waals surface area contributed by atoms with Gasteiger partial charge in [0.25, 0.3) is 10.0 Å². The Bertz CT molecular complexity index is 1680. The van der Waals surface area contributed by atoms with Crippen LogP contribution in [0.3, 0.4) is 0 Å². The maximum atomic E-state index is 14.5. The number of hydrogen-bond acceptors (Lipinski definition) is 4. The number of hydrogen-bond donors (Lipinski definition) is 1. The second kappa shape index (κ2) is 15.4. The summed E-state index contributed by atoms with van der Waals surface area (Å²) in [6, 6.07) is 28.3. The Morgan fingerprint density at radius 1 is 0.822 bits per heavy atom. The maximum absolute atomic E-state index is 14.5. The molecular formula is C35H37Cl2N3O4S. The Balaban J connectivity index is 1.82. The van der Waals surface area contributed by atoms with Gasteiger partial charge in [0, 0.05) is 29.1 Å². The normalized spacial score (nSPS) is 12.6. The van der Waals surface area contributed by atoms with Gasteiger partial charge in [0.2, 0.25) is 11.8 Å². The van der Waals surface area contributed by atoms with Crippen molar-refractivity contribution in [3.63, 3.8) is 0 Å². The molecule has 0 radical (unpaired) electrons. The number of amides is 2. The quantitative estimate of drug-likeness (QED) is 0.166. The summed E-state index contributed by atoms with van der Waals surface area (Å²) in [6.07, 6.45) is 0.934. The smallest absolute Gasteiger partial charge is 0.264 e. The number of anilines is 1. The van der Waals surface area contributed by atoms with Crippen molar-refractivity contribution in [2.24, 2.45) is 0 Å². The minimum absolute atomic E-state index is 0.00525. The van der Waals surface area contributed by atoms with Gasteiger partial charge in [-0.3, -0.25) is 13.9 Å². The minimum Gasteiger partial charge on any atom is -0.352 e. The number of benzene rings is 4. The molecule has 4 aromatic rings. The zero-order valence-electron chi connectivity index (χ0n) is 25.5. The highest BCUT2D eigenvalue weighted by molar-refractivity contribution is 7.92. The summed E-state index contributed by atoms with van der Waals surface area (Å²) in [5.41, 5.74) is 2.83. The number of nitrogens with one attached hydrogen (secondary N) is 1. The lowest BCUT2D eigenvalue weighted by Crippen LogP contribution is -2.54. The van der Waals surface area contributed by atoms with Crippen LogP contribution in [0.25, 0.3) is 0 Å². The fourth-order valence-electron chi connectivity index (χ4n) is 4.82. The van der Waals surface area contributed by atoms with Gasteiger partial charge in [0.05, 0.1) is 10.6 Å². The molecule has 0 fully saturated rings. The van der Waals surface area contributed by atoms with Crippen molar-refractivity contribution >= 4 is 50.7 Å². The molecule has 0 aromatic heterocycles. The zero-order chi connectivity index (χ0) is 32.6. The van der Waals surface area contributed by atoms with Gasteiger partial charge in [-0.05, 0) is 61.7 Å². The number of rotatable bonds is 13. The van der Waals surface area contributed by atoms with E-state index in [2.05, 4.69) is 5.32 Å². The van der Waals surface area contributed by atoms with Gasteiger partial charge >= 0.3 is 0 Å². The molecule has 0 aliphatic heterocycles. The van der Waals surface area contributed by atoms with Gasteiger partial charge in [-0.2, -0.15) is 0 Å². The Kier molecular flexibility index (Phi) is 11.7. The van der Waals surface area contributed by atoms with Crippen LogP contribution >= 0.6 is 23.2 Å². The molecule has 2 amide bonds. The number of carbonyl (C=O) groups excluding carboxylic acids is 2. The molecule has 0 bridgehead atoms. The van der Waals surface area contributed by atoms with Gasteiger partial charge in [-0.15, -0.1) is 0 Å². The van der Waals surface area contributed by atoms with Crippen molar-refractivity contribution in [3.05, 3.63) is 130 Å². The first kappa shape index (κ1) is 34.0. The second-order valence-corrected chi connectivity index (χ2v) is 13.7. The van der Waals surface area contributed by atoms with Crippen molar-refractivity contribution in [3.8, 4) is 0 Å². The molecule has 0 aliphatic rings. The first-order chi connectivity index (χ1) is 21.5. The third-order valence-corrected chi connectivity index (χ3v) is 9.72. The van der Waals surface area contributed by atoms with Crippen LogP contribution in [0.2, 0.25) is 10.0 Å². The molecule has 4 rings (SSSR count). The van der Waals surface area contributed by atoms with Gasteiger partial charge in [0.15, 0.2) is 0 Å². The molecule has 0 heterocycles. The lowest BCUT2D eigenvalue weighted by atomic mass is 10.0.